The maximum Gasteiger partial charge on any atom is 0.573 e. The first-order valence-corrected chi connectivity index (χ1v) is 6.57. The molecule has 1 aliphatic carbocycles. The van der Waals surface area contributed by atoms with E-state index in [4.69, 9.17) is 0 Å². The predicted octanol–water partition coefficient (Wildman–Crippen LogP) is 4.03. The molecule has 0 N–H and O–H groups in total. The van der Waals surface area contributed by atoms with Crippen LogP contribution in [0.2, 0.25) is 0 Å². The Kier molecular flexibility index (Phi) is 4.44. The summed E-state index contributed by atoms with van der Waals surface area (Å²) in [6.07, 6.45) is -2.02. The summed E-state index contributed by atoms with van der Waals surface area (Å²) in [5.41, 5.74) is 0.154. The van der Waals surface area contributed by atoms with Gasteiger partial charge in [0, 0.05) is 12.3 Å². The van der Waals surface area contributed by atoms with Crippen LogP contribution in [-0.2, 0) is 14.9 Å². The summed E-state index contributed by atoms with van der Waals surface area (Å²) < 4.78 is 58.3. The normalized spacial score (nSPS) is 17.0. The molecule has 1 aromatic carbocycles. The maximum atomic E-state index is 13.7. The van der Waals surface area contributed by atoms with Crippen molar-refractivity contribution in [2.45, 2.75) is 31.5 Å². The second kappa shape index (κ2) is 5.98. The molecule has 0 amide bonds. The average molecular weight is 318 g/mol. The fourth-order valence-electron chi connectivity index (χ4n) is 2.15. The summed E-state index contributed by atoms with van der Waals surface area (Å²) in [5, 5.41) is 0. The Morgan fingerprint density at radius 3 is 2.32 bits per heavy atom. The van der Waals surface area contributed by atoms with E-state index in [2.05, 4.69) is 9.47 Å². The second-order valence-electron chi connectivity index (χ2n) is 5.10. The van der Waals surface area contributed by atoms with Crippen LogP contribution in [0.15, 0.2) is 36.2 Å². The van der Waals surface area contributed by atoms with E-state index in [1.807, 2.05) is 0 Å². The van der Waals surface area contributed by atoms with Crippen molar-refractivity contribution in [3.05, 3.63) is 41.7 Å². The lowest BCUT2D eigenvalue weighted by molar-refractivity contribution is -0.274. The summed E-state index contributed by atoms with van der Waals surface area (Å²) in [6.45, 7) is 0.742. The highest BCUT2D eigenvalue weighted by Gasteiger charge is 2.43. The molecule has 22 heavy (non-hydrogen) atoms. The average Bonchev–Trinajstić information content (AvgIpc) is 3.16. The van der Waals surface area contributed by atoms with Crippen LogP contribution in [0.1, 0.15) is 25.3 Å². The molecule has 0 aromatic heterocycles. The van der Waals surface area contributed by atoms with Crippen molar-refractivity contribution in [2.75, 3.05) is 6.61 Å². The number of allylic oxidation sites excluding steroid dienone is 1. The molecule has 1 aliphatic rings. The molecule has 0 radical (unpaired) electrons. The van der Waals surface area contributed by atoms with Gasteiger partial charge >= 0.3 is 12.3 Å². The molecule has 0 atom stereocenters. The van der Waals surface area contributed by atoms with Gasteiger partial charge in [0.05, 0.1) is 0 Å². The van der Waals surface area contributed by atoms with E-state index in [0.717, 1.165) is 0 Å². The maximum absolute atomic E-state index is 13.7. The van der Waals surface area contributed by atoms with E-state index in [-0.39, 0.29) is 5.75 Å². The van der Waals surface area contributed by atoms with Crippen molar-refractivity contribution in [3.63, 3.8) is 0 Å². The Hall–Kier alpha value is -2.05. The second-order valence-corrected chi connectivity index (χ2v) is 5.10. The summed E-state index contributed by atoms with van der Waals surface area (Å²) in [6, 6.07) is 5.34. The zero-order valence-electron chi connectivity index (χ0n) is 11.7. The van der Waals surface area contributed by atoms with E-state index in [1.54, 1.807) is 0 Å². The molecule has 3 nitrogen and oxygen atoms in total. The van der Waals surface area contributed by atoms with E-state index in [0.29, 0.717) is 18.4 Å². The summed E-state index contributed by atoms with van der Waals surface area (Å²) in [4.78, 5) is 10.6. The molecule has 0 heterocycles. The van der Waals surface area contributed by atoms with Crippen molar-refractivity contribution in [3.8, 4) is 5.75 Å². The molecule has 0 spiro atoms. The summed E-state index contributed by atoms with van der Waals surface area (Å²) in [5.74, 6) is -1.48. The van der Waals surface area contributed by atoms with Gasteiger partial charge in [0.2, 0.25) is 0 Å². The van der Waals surface area contributed by atoms with Gasteiger partial charge in [0.1, 0.15) is 18.2 Å². The topological polar surface area (TPSA) is 35.5 Å². The zero-order valence-corrected chi connectivity index (χ0v) is 11.7. The van der Waals surface area contributed by atoms with Crippen LogP contribution in [0.25, 0.3) is 0 Å². The van der Waals surface area contributed by atoms with Crippen LogP contribution in [0.4, 0.5) is 17.6 Å². The number of rotatable bonds is 5. The van der Waals surface area contributed by atoms with Gasteiger partial charge in [0.25, 0.3) is 0 Å². The van der Waals surface area contributed by atoms with Gasteiger partial charge in [-0.05, 0) is 36.6 Å². The Morgan fingerprint density at radius 1 is 1.27 bits per heavy atom. The minimum atomic E-state index is -4.74. The SMILES string of the molecule is CC(=O)OC/C(F)=C/C1(c2ccc(OC(F)(F)F)cc2)CC1. The molecule has 120 valence electrons. The number of benzene rings is 1. The monoisotopic (exact) mass is 318 g/mol. The van der Waals surface area contributed by atoms with Crippen molar-refractivity contribution in [1.29, 1.82) is 0 Å². The number of hydrogen-bond donors (Lipinski definition) is 0. The van der Waals surface area contributed by atoms with Gasteiger partial charge in [-0.3, -0.25) is 4.79 Å². The number of alkyl halides is 3. The number of carbonyl (C=O) groups is 1. The first-order chi connectivity index (χ1) is 10.2. The van der Waals surface area contributed by atoms with Gasteiger partial charge in [0.15, 0.2) is 0 Å². The van der Waals surface area contributed by atoms with Crippen LogP contribution in [-0.4, -0.2) is 18.9 Å². The molecule has 0 aliphatic heterocycles. The highest BCUT2D eigenvalue weighted by atomic mass is 19.4. The van der Waals surface area contributed by atoms with E-state index in [9.17, 15) is 22.4 Å². The fraction of sp³-hybridized carbons (Fsp3) is 0.400. The Balaban J connectivity index is 2.07. The quantitative estimate of drug-likeness (QED) is 0.607. The van der Waals surface area contributed by atoms with Crippen molar-refractivity contribution in [1.82, 2.24) is 0 Å². The lowest BCUT2D eigenvalue weighted by Gasteiger charge is -2.13. The standard InChI is InChI=1S/C15H14F4O3/c1-10(20)21-9-12(16)8-14(6-7-14)11-2-4-13(5-3-11)22-15(17,18)19/h2-5,8H,6-7,9H2,1H3/b12-8-. The molecule has 1 fully saturated rings. The van der Waals surface area contributed by atoms with Gasteiger partial charge in [-0.2, -0.15) is 0 Å². The fourth-order valence-corrected chi connectivity index (χ4v) is 2.15. The van der Waals surface area contributed by atoms with Gasteiger partial charge in [-0.15, -0.1) is 13.2 Å². The molecule has 1 aromatic rings. The third-order valence-corrected chi connectivity index (χ3v) is 3.30. The lowest BCUT2D eigenvalue weighted by atomic mass is 9.95. The number of hydrogen-bond acceptors (Lipinski definition) is 3. The predicted molar refractivity (Wildman–Crippen MR) is 69.9 cm³/mol. The van der Waals surface area contributed by atoms with E-state index in [1.165, 1.54) is 37.3 Å². The highest BCUT2D eigenvalue weighted by molar-refractivity contribution is 5.66. The van der Waals surface area contributed by atoms with Crippen molar-refractivity contribution < 1.29 is 31.8 Å². The molecule has 2 rings (SSSR count). The third-order valence-electron chi connectivity index (χ3n) is 3.30. The molecule has 0 saturated heterocycles. The van der Waals surface area contributed by atoms with E-state index < -0.39 is 30.2 Å². The Bertz CT molecular complexity index is 571. The number of carbonyl (C=O) groups excluding carboxylic acids is 1. The first-order valence-electron chi connectivity index (χ1n) is 6.57. The molecule has 0 bridgehead atoms. The van der Waals surface area contributed by atoms with Crippen LogP contribution in [0.5, 0.6) is 5.75 Å². The molecular formula is C15H14F4O3. The van der Waals surface area contributed by atoms with Crippen LogP contribution >= 0.6 is 0 Å². The summed E-state index contributed by atoms with van der Waals surface area (Å²) >= 11 is 0. The van der Waals surface area contributed by atoms with Crippen molar-refractivity contribution >= 4 is 5.97 Å². The molecule has 0 unspecified atom stereocenters. The minimum absolute atomic E-state index is 0.323. The third kappa shape index (κ3) is 4.47. The molecular weight excluding hydrogens is 304 g/mol. The largest absolute Gasteiger partial charge is 0.573 e. The van der Waals surface area contributed by atoms with Crippen LogP contribution in [0, 0.1) is 0 Å². The van der Waals surface area contributed by atoms with E-state index >= 15 is 0 Å². The van der Waals surface area contributed by atoms with Crippen LogP contribution < -0.4 is 4.74 Å². The first kappa shape index (κ1) is 16.3. The summed E-state index contributed by atoms with van der Waals surface area (Å²) in [7, 11) is 0. The van der Waals surface area contributed by atoms with Crippen LogP contribution in [0.3, 0.4) is 0 Å². The zero-order chi connectivity index (χ0) is 16.4. The van der Waals surface area contributed by atoms with Gasteiger partial charge in [-0.25, -0.2) is 4.39 Å². The minimum Gasteiger partial charge on any atom is -0.459 e. The Labute approximate surface area is 124 Å². The molecule has 7 heteroatoms. The highest BCUT2D eigenvalue weighted by Crippen LogP contribution is 2.50. The van der Waals surface area contributed by atoms with Gasteiger partial charge < -0.3 is 9.47 Å². The number of ether oxygens (including phenoxy) is 2. The van der Waals surface area contributed by atoms with Crippen molar-refractivity contribution in [2.24, 2.45) is 0 Å². The number of esters is 1. The van der Waals surface area contributed by atoms with Gasteiger partial charge in [-0.1, -0.05) is 12.1 Å². The smallest absolute Gasteiger partial charge is 0.459 e. The number of halogens is 4. The molecule has 1 saturated carbocycles. The Morgan fingerprint density at radius 2 is 1.86 bits per heavy atom. The lowest BCUT2D eigenvalue weighted by Crippen LogP contribution is -2.17.